The van der Waals surface area contributed by atoms with Crippen molar-refractivity contribution < 1.29 is 52.5 Å². The lowest BCUT2D eigenvalue weighted by Gasteiger charge is -2.35. The molecule has 1 saturated heterocycles. The smallest absolute Gasteiger partial charge is 0.358 e. The van der Waals surface area contributed by atoms with Crippen LogP contribution >= 0.6 is 0 Å². The van der Waals surface area contributed by atoms with Crippen molar-refractivity contribution in [2.45, 2.75) is 70.7 Å². The van der Waals surface area contributed by atoms with Gasteiger partial charge in [-0.3, -0.25) is 19.2 Å². The number of para-hydroxylation sites is 1. The highest BCUT2D eigenvalue weighted by Crippen LogP contribution is 2.41. The molecule has 3 aromatic heterocycles. The Bertz CT molecular complexity index is 2220. The molecule has 56 heavy (non-hydrogen) atoms. The summed E-state index contributed by atoms with van der Waals surface area (Å²) in [5, 5.41) is 9.70. The minimum atomic E-state index is -1.77. The molecule has 4 aromatic rings. The average Bonchev–Trinajstić information content (AvgIpc) is 3.89. The fourth-order valence-electron chi connectivity index (χ4n) is 6.84. The second-order valence-corrected chi connectivity index (χ2v) is 13.4. The molecule has 18 heteroatoms. The molecule has 0 bridgehead atoms. The van der Waals surface area contributed by atoms with Gasteiger partial charge in [0.15, 0.2) is 0 Å². The van der Waals surface area contributed by atoms with Crippen LogP contribution in [0.4, 0.5) is 0 Å². The summed E-state index contributed by atoms with van der Waals surface area (Å²) < 4.78 is 30.7. The normalized spacial score (nSPS) is 17.2. The number of pyridine rings is 2. The Labute approximate surface area is 319 Å². The van der Waals surface area contributed by atoms with E-state index in [1.165, 1.54) is 0 Å². The van der Waals surface area contributed by atoms with Crippen LogP contribution in [0.15, 0.2) is 47.4 Å². The first-order valence-corrected chi connectivity index (χ1v) is 18.4. The van der Waals surface area contributed by atoms with E-state index in [0.717, 1.165) is 16.5 Å². The Hall–Kier alpha value is -5.85. The van der Waals surface area contributed by atoms with Crippen molar-refractivity contribution in [3.63, 3.8) is 0 Å². The van der Waals surface area contributed by atoms with Gasteiger partial charge in [0.05, 0.1) is 74.3 Å². The quantitative estimate of drug-likeness (QED) is 0.0708. The highest BCUT2D eigenvalue weighted by molar-refractivity contribution is 6.01. The topological polar surface area (TPSA) is 210 Å². The van der Waals surface area contributed by atoms with Crippen molar-refractivity contribution >= 4 is 40.6 Å². The highest BCUT2D eigenvalue weighted by Gasteiger charge is 2.50. The molecule has 3 aliphatic heterocycles. The van der Waals surface area contributed by atoms with Crippen LogP contribution in [-0.4, -0.2) is 99.0 Å². The predicted octanol–water partition coefficient (Wildman–Crippen LogP) is 1.90. The van der Waals surface area contributed by atoms with Crippen molar-refractivity contribution in [3.05, 3.63) is 75.3 Å². The molecule has 1 fully saturated rings. The van der Waals surface area contributed by atoms with Gasteiger partial charge in [-0.25, -0.2) is 19.3 Å². The van der Waals surface area contributed by atoms with Crippen LogP contribution < -0.4 is 5.56 Å². The minimum Gasteiger partial charge on any atom is -0.457 e. The number of aromatic nitrogens is 5. The number of ether oxygens (including phenoxy) is 5. The van der Waals surface area contributed by atoms with Crippen LogP contribution in [-0.2, 0) is 84.2 Å². The molecule has 18 nitrogen and oxygen atoms in total. The fourth-order valence-corrected chi connectivity index (χ4v) is 6.84. The summed E-state index contributed by atoms with van der Waals surface area (Å²) in [4.78, 5) is 84.6. The first-order valence-electron chi connectivity index (χ1n) is 18.4. The second kappa shape index (κ2) is 16.9. The van der Waals surface area contributed by atoms with E-state index in [-0.39, 0.29) is 63.2 Å². The lowest BCUT2D eigenvalue weighted by molar-refractivity contribution is -0.200. The number of hydroxylamine groups is 2. The van der Waals surface area contributed by atoms with Gasteiger partial charge < -0.3 is 33.1 Å². The third kappa shape index (κ3) is 8.07. The third-order valence-electron chi connectivity index (χ3n) is 9.70. The number of esters is 2. The second-order valence-electron chi connectivity index (χ2n) is 13.4. The summed E-state index contributed by atoms with van der Waals surface area (Å²) in [6, 6.07) is 11.5. The van der Waals surface area contributed by atoms with Gasteiger partial charge in [-0.15, -0.1) is 10.2 Å². The Balaban J connectivity index is 0.832. The Morgan fingerprint density at radius 2 is 1.68 bits per heavy atom. The maximum absolute atomic E-state index is 13.8. The van der Waals surface area contributed by atoms with E-state index in [1.807, 2.05) is 30.3 Å². The molecular formula is C38H40N6O12. The zero-order valence-electron chi connectivity index (χ0n) is 30.7. The molecular weight excluding hydrogens is 732 g/mol. The van der Waals surface area contributed by atoms with Crippen LogP contribution in [0.25, 0.3) is 22.3 Å². The molecule has 1 aromatic carbocycles. The van der Waals surface area contributed by atoms with Gasteiger partial charge in [-0.05, 0) is 37.5 Å². The summed E-state index contributed by atoms with van der Waals surface area (Å²) in [5.74, 6) is -3.28. The fraction of sp³-hybridized carbons (Fsp3) is 0.447. The monoisotopic (exact) mass is 772 g/mol. The van der Waals surface area contributed by atoms with Crippen LogP contribution in [0.5, 0.6) is 0 Å². The number of fused-ring (bicyclic) bond motifs is 5. The average molecular weight is 773 g/mol. The van der Waals surface area contributed by atoms with E-state index in [9.17, 15) is 28.8 Å². The number of benzene rings is 1. The van der Waals surface area contributed by atoms with Crippen LogP contribution in [0.2, 0.25) is 0 Å². The van der Waals surface area contributed by atoms with E-state index in [2.05, 4.69) is 10.3 Å². The standard InChI is InChI=1S/C38H40N6O12/c1-2-38(28-19-30-35-25(18-24-6-3-4-8-29(24)39-35)20-43(30)36(49)27(28)22-54-37(38)50)55-33(47)9-5-7-26-21-42(41-40-26)12-13-51-14-15-52-16-17-53-23-34(48)56-44-31(45)10-11-32(44)46/h3-4,6,8,18-19,21H,2,5,7,9-17,20,22-23H2,1H3. The Morgan fingerprint density at radius 3 is 2.46 bits per heavy atom. The van der Waals surface area contributed by atoms with Gasteiger partial charge in [0.25, 0.3) is 17.4 Å². The van der Waals surface area contributed by atoms with Crippen molar-refractivity contribution in [1.29, 1.82) is 0 Å². The van der Waals surface area contributed by atoms with Crippen LogP contribution in [0.3, 0.4) is 0 Å². The van der Waals surface area contributed by atoms with Crippen LogP contribution in [0, 0.1) is 0 Å². The van der Waals surface area contributed by atoms with E-state index in [4.69, 9.17) is 33.5 Å². The van der Waals surface area contributed by atoms with E-state index in [1.54, 1.807) is 28.4 Å². The molecule has 0 saturated carbocycles. The first-order chi connectivity index (χ1) is 27.2. The van der Waals surface area contributed by atoms with Crippen LogP contribution in [0.1, 0.15) is 61.4 Å². The molecule has 0 spiro atoms. The molecule has 3 aliphatic rings. The molecule has 0 radical (unpaired) electrons. The highest BCUT2D eigenvalue weighted by atomic mass is 16.7. The molecule has 1 unspecified atom stereocenters. The maximum Gasteiger partial charge on any atom is 0.358 e. The molecule has 6 heterocycles. The number of hydrogen-bond donors (Lipinski definition) is 0. The van der Waals surface area contributed by atoms with Gasteiger partial charge >= 0.3 is 17.9 Å². The van der Waals surface area contributed by atoms with Gasteiger partial charge in [0.1, 0.15) is 13.2 Å². The summed E-state index contributed by atoms with van der Waals surface area (Å²) in [7, 11) is 0. The number of aryl methyl sites for hydroxylation is 1. The lowest BCUT2D eigenvalue weighted by Crippen LogP contribution is -2.47. The van der Waals surface area contributed by atoms with Crippen molar-refractivity contribution in [2.24, 2.45) is 0 Å². The molecule has 0 N–H and O–H groups in total. The molecule has 0 aliphatic carbocycles. The first kappa shape index (κ1) is 38.4. The zero-order chi connectivity index (χ0) is 39.2. The number of imide groups is 1. The largest absolute Gasteiger partial charge is 0.457 e. The minimum absolute atomic E-state index is 0.00359. The van der Waals surface area contributed by atoms with Crippen molar-refractivity contribution in [1.82, 2.24) is 29.6 Å². The van der Waals surface area contributed by atoms with E-state index >= 15 is 0 Å². The number of cyclic esters (lactones) is 1. The third-order valence-corrected chi connectivity index (χ3v) is 9.70. The summed E-state index contributed by atoms with van der Waals surface area (Å²) in [6.45, 7) is 3.09. The predicted molar refractivity (Wildman–Crippen MR) is 191 cm³/mol. The van der Waals surface area contributed by atoms with Gasteiger partial charge in [-0.1, -0.05) is 30.3 Å². The summed E-state index contributed by atoms with van der Waals surface area (Å²) in [6.07, 6.45) is 2.68. The van der Waals surface area contributed by atoms with E-state index < -0.39 is 41.9 Å². The molecule has 1 atom stereocenters. The molecule has 294 valence electrons. The molecule has 7 rings (SSSR count). The molecule has 2 amide bonds. The van der Waals surface area contributed by atoms with Gasteiger partial charge in [0.2, 0.25) is 5.60 Å². The number of nitrogens with zero attached hydrogens (tertiary/aromatic N) is 6. The number of carbonyl (C=O) groups excluding carboxylic acids is 5. The lowest BCUT2D eigenvalue weighted by atomic mass is 9.85. The summed E-state index contributed by atoms with van der Waals surface area (Å²) in [5.41, 5.74) is 2.12. The SMILES string of the molecule is CCC1(OC(=O)CCCc2cn(CCOCCOCCOCC(=O)ON3C(=O)CCC3=O)nn2)C(=O)OCc2c1cc1n(c2=O)Cc2cc3ccccc3nc2-1. The van der Waals surface area contributed by atoms with Gasteiger partial charge in [-0.2, -0.15) is 0 Å². The zero-order valence-corrected chi connectivity index (χ0v) is 30.7. The van der Waals surface area contributed by atoms with Crippen molar-refractivity contribution in [2.75, 3.05) is 39.6 Å². The summed E-state index contributed by atoms with van der Waals surface area (Å²) >= 11 is 0. The van der Waals surface area contributed by atoms with E-state index in [0.29, 0.717) is 66.9 Å². The Morgan fingerprint density at radius 1 is 0.929 bits per heavy atom. The van der Waals surface area contributed by atoms with Gasteiger partial charge in [0, 0.05) is 42.0 Å². The number of rotatable bonds is 18. The number of amides is 2. The Kier molecular flexibility index (Phi) is 11.6. The number of hydrogen-bond acceptors (Lipinski definition) is 15. The number of carbonyl (C=O) groups is 5. The maximum atomic E-state index is 13.8. The van der Waals surface area contributed by atoms with Crippen molar-refractivity contribution in [3.8, 4) is 11.4 Å².